The smallest absolute Gasteiger partial charge is 0.0667 e. The van der Waals surface area contributed by atoms with Crippen LogP contribution < -0.4 is 10.2 Å². The summed E-state index contributed by atoms with van der Waals surface area (Å²) >= 11 is 8.44. The second-order valence-electron chi connectivity index (χ2n) is 4.92. The van der Waals surface area contributed by atoms with Crippen molar-refractivity contribution in [3.63, 3.8) is 0 Å². The van der Waals surface area contributed by atoms with Crippen LogP contribution in [-0.4, -0.2) is 19.6 Å². The Hall–Kier alpha value is -0.780. The summed E-state index contributed by atoms with van der Waals surface area (Å²) in [6.07, 6.45) is 0. The maximum atomic E-state index is 6.07. The molecule has 0 aromatic heterocycles. The molecule has 1 saturated heterocycles. The minimum atomic E-state index is 0.375. The summed E-state index contributed by atoms with van der Waals surface area (Å²) in [7, 11) is 0. The van der Waals surface area contributed by atoms with Crippen LogP contribution in [0.1, 0.15) is 11.6 Å². The van der Waals surface area contributed by atoms with Crippen LogP contribution in [0.3, 0.4) is 0 Å². The Morgan fingerprint density at radius 1 is 1.15 bits per heavy atom. The number of halogens is 2. The average Bonchev–Trinajstić information content (AvgIpc) is 2.48. The lowest BCUT2D eigenvalue weighted by molar-refractivity contribution is 0.489. The third kappa shape index (κ3) is 2.95. The number of benzene rings is 2. The van der Waals surface area contributed by atoms with Gasteiger partial charge in [-0.1, -0.05) is 41.9 Å². The van der Waals surface area contributed by atoms with Crippen LogP contribution >= 0.6 is 34.2 Å². The van der Waals surface area contributed by atoms with E-state index in [0.29, 0.717) is 6.04 Å². The Kier molecular flexibility index (Phi) is 4.48. The zero-order valence-electron chi connectivity index (χ0n) is 11.0. The van der Waals surface area contributed by atoms with E-state index in [-0.39, 0.29) is 0 Å². The number of anilines is 1. The van der Waals surface area contributed by atoms with Crippen LogP contribution in [0.5, 0.6) is 0 Å². The molecule has 1 N–H and O–H groups in total. The standard InChI is InChI=1S/C16H16ClIN2/c17-13-6-7-15(14(18)10-13)20-9-8-19-11-16(20)12-4-2-1-3-5-12/h1-7,10,16,19H,8-9,11H2. The van der Waals surface area contributed by atoms with E-state index in [2.05, 4.69) is 69.2 Å². The first-order valence-electron chi connectivity index (χ1n) is 6.73. The number of nitrogens with one attached hydrogen (secondary N) is 1. The molecular weight excluding hydrogens is 383 g/mol. The predicted molar refractivity (Wildman–Crippen MR) is 93.6 cm³/mol. The van der Waals surface area contributed by atoms with Gasteiger partial charge < -0.3 is 10.2 Å². The lowest BCUT2D eigenvalue weighted by Gasteiger charge is -2.39. The summed E-state index contributed by atoms with van der Waals surface area (Å²) < 4.78 is 1.21. The van der Waals surface area contributed by atoms with E-state index in [0.717, 1.165) is 24.7 Å². The normalized spacial score (nSPS) is 19.1. The van der Waals surface area contributed by atoms with E-state index in [1.54, 1.807) is 0 Å². The van der Waals surface area contributed by atoms with Crippen LogP contribution in [0.15, 0.2) is 48.5 Å². The highest BCUT2D eigenvalue weighted by Gasteiger charge is 2.25. The van der Waals surface area contributed by atoms with Gasteiger partial charge >= 0.3 is 0 Å². The minimum absolute atomic E-state index is 0.375. The minimum Gasteiger partial charge on any atom is -0.361 e. The van der Waals surface area contributed by atoms with Crippen molar-refractivity contribution in [2.75, 3.05) is 24.5 Å². The Labute approximate surface area is 138 Å². The van der Waals surface area contributed by atoms with Gasteiger partial charge in [-0.2, -0.15) is 0 Å². The van der Waals surface area contributed by atoms with E-state index in [1.807, 2.05) is 12.1 Å². The van der Waals surface area contributed by atoms with Gasteiger partial charge in [0.2, 0.25) is 0 Å². The first kappa shape index (κ1) is 14.2. The van der Waals surface area contributed by atoms with Gasteiger partial charge in [-0.15, -0.1) is 0 Å². The first-order valence-corrected chi connectivity index (χ1v) is 8.19. The number of nitrogens with zero attached hydrogens (tertiary/aromatic N) is 1. The zero-order chi connectivity index (χ0) is 13.9. The van der Waals surface area contributed by atoms with Gasteiger partial charge in [0.15, 0.2) is 0 Å². The van der Waals surface area contributed by atoms with Crippen molar-refractivity contribution < 1.29 is 0 Å². The fourth-order valence-electron chi connectivity index (χ4n) is 2.68. The molecule has 0 aliphatic carbocycles. The molecule has 0 spiro atoms. The fourth-order valence-corrected chi connectivity index (χ4v) is 3.86. The molecule has 0 amide bonds. The Balaban J connectivity index is 1.97. The highest BCUT2D eigenvalue weighted by atomic mass is 127. The van der Waals surface area contributed by atoms with Crippen molar-refractivity contribution in [1.29, 1.82) is 0 Å². The summed E-state index contributed by atoms with van der Waals surface area (Å²) in [6, 6.07) is 17.2. The molecule has 3 rings (SSSR count). The molecule has 2 aromatic rings. The molecule has 0 saturated carbocycles. The van der Waals surface area contributed by atoms with Crippen LogP contribution in [0.2, 0.25) is 5.02 Å². The topological polar surface area (TPSA) is 15.3 Å². The highest BCUT2D eigenvalue weighted by Crippen LogP contribution is 2.33. The molecule has 2 nitrogen and oxygen atoms in total. The maximum Gasteiger partial charge on any atom is 0.0667 e. The van der Waals surface area contributed by atoms with Gasteiger partial charge in [-0.25, -0.2) is 0 Å². The van der Waals surface area contributed by atoms with Crippen LogP contribution in [0, 0.1) is 3.57 Å². The van der Waals surface area contributed by atoms with Gasteiger partial charge in [0.1, 0.15) is 0 Å². The first-order chi connectivity index (χ1) is 9.75. The molecule has 104 valence electrons. The van der Waals surface area contributed by atoms with E-state index < -0.39 is 0 Å². The Morgan fingerprint density at radius 2 is 1.95 bits per heavy atom. The third-order valence-electron chi connectivity index (χ3n) is 3.65. The molecule has 0 bridgehead atoms. The molecule has 0 radical (unpaired) electrons. The van der Waals surface area contributed by atoms with Crippen LogP contribution in [-0.2, 0) is 0 Å². The SMILES string of the molecule is Clc1ccc(N2CCNCC2c2ccccc2)c(I)c1. The number of piperazine rings is 1. The largest absolute Gasteiger partial charge is 0.361 e. The molecule has 20 heavy (non-hydrogen) atoms. The lowest BCUT2D eigenvalue weighted by Crippen LogP contribution is -2.46. The summed E-state index contributed by atoms with van der Waals surface area (Å²) in [4.78, 5) is 2.48. The molecular formula is C16H16ClIN2. The van der Waals surface area contributed by atoms with Gasteiger partial charge in [0, 0.05) is 28.2 Å². The molecule has 1 atom stereocenters. The van der Waals surface area contributed by atoms with Crippen LogP contribution in [0.4, 0.5) is 5.69 Å². The summed E-state index contributed by atoms with van der Waals surface area (Å²) in [6.45, 7) is 3.00. The lowest BCUT2D eigenvalue weighted by atomic mass is 10.0. The number of hydrogen-bond donors (Lipinski definition) is 1. The summed E-state index contributed by atoms with van der Waals surface area (Å²) in [5, 5.41) is 4.29. The third-order valence-corrected chi connectivity index (χ3v) is 4.75. The highest BCUT2D eigenvalue weighted by molar-refractivity contribution is 14.1. The second kappa shape index (κ2) is 6.33. The molecule has 4 heteroatoms. The quantitative estimate of drug-likeness (QED) is 0.766. The van der Waals surface area contributed by atoms with Gasteiger partial charge in [0.25, 0.3) is 0 Å². The predicted octanol–water partition coefficient (Wildman–Crippen LogP) is 4.10. The van der Waals surface area contributed by atoms with Gasteiger partial charge in [-0.3, -0.25) is 0 Å². The monoisotopic (exact) mass is 398 g/mol. The van der Waals surface area contributed by atoms with Crippen LogP contribution in [0.25, 0.3) is 0 Å². The van der Waals surface area contributed by atoms with Gasteiger partial charge in [0.05, 0.1) is 11.7 Å². The number of rotatable bonds is 2. The average molecular weight is 399 g/mol. The molecule has 1 fully saturated rings. The Bertz CT molecular complexity index is 588. The van der Waals surface area contributed by atoms with Gasteiger partial charge in [-0.05, 0) is 46.4 Å². The van der Waals surface area contributed by atoms with Crippen molar-refractivity contribution in [2.45, 2.75) is 6.04 Å². The van der Waals surface area contributed by atoms with E-state index in [9.17, 15) is 0 Å². The molecule has 1 heterocycles. The van der Waals surface area contributed by atoms with Crippen molar-refractivity contribution in [2.24, 2.45) is 0 Å². The van der Waals surface area contributed by atoms with E-state index in [1.165, 1.54) is 14.8 Å². The fraction of sp³-hybridized carbons (Fsp3) is 0.250. The molecule has 1 aliphatic heterocycles. The Morgan fingerprint density at radius 3 is 2.70 bits per heavy atom. The van der Waals surface area contributed by atoms with Crippen molar-refractivity contribution in [1.82, 2.24) is 5.32 Å². The van der Waals surface area contributed by atoms with Crippen molar-refractivity contribution in [3.8, 4) is 0 Å². The van der Waals surface area contributed by atoms with Crippen molar-refractivity contribution in [3.05, 3.63) is 62.7 Å². The maximum absolute atomic E-state index is 6.07. The van der Waals surface area contributed by atoms with E-state index >= 15 is 0 Å². The van der Waals surface area contributed by atoms with Crippen molar-refractivity contribution >= 4 is 39.9 Å². The zero-order valence-corrected chi connectivity index (χ0v) is 13.9. The summed E-state index contributed by atoms with van der Waals surface area (Å²) in [5.41, 5.74) is 2.62. The number of hydrogen-bond acceptors (Lipinski definition) is 2. The molecule has 1 aliphatic rings. The molecule has 1 unspecified atom stereocenters. The summed E-state index contributed by atoms with van der Waals surface area (Å²) in [5.74, 6) is 0. The second-order valence-corrected chi connectivity index (χ2v) is 6.52. The van der Waals surface area contributed by atoms with E-state index in [4.69, 9.17) is 11.6 Å². The molecule has 2 aromatic carbocycles.